The molecule has 0 spiro atoms. The van der Waals surface area contributed by atoms with Crippen LogP contribution in [0.5, 0.6) is 0 Å². The highest BCUT2D eigenvalue weighted by molar-refractivity contribution is 9.09. The smallest absolute Gasteiger partial charge is 0.0889 e. The van der Waals surface area contributed by atoms with Crippen LogP contribution in [0.15, 0.2) is 12.3 Å². The molecule has 74 valence electrons. The van der Waals surface area contributed by atoms with E-state index in [4.69, 9.17) is 16.3 Å². The van der Waals surface area contributed by atoms with Crippen molar-refractivity contribution in [1.29, 1.82) is 0 Å². The highest BCUT2D eigenvalue weighted by atomic mass is 79.9. The molecule has 1 atom stereocenters. The van der Waals surface area contributed by atoms with E-state index < -0.39 is 0 Å². The molecule has 0 fully saturated rings. The molecule has 3 nitrogen and oxygen atoms in total. The first-order valence-corrected chi connectivity index (χ1v) is 5.64. The Balaban J connectivity index is 2.38. The van der Waals surface area contributed by atoms with E-state index in [2.05, 4.69) is 21.0 Å². The first kappa shape index (κ1) is 11.0. The van der Waals surface area contributed by atoms with Crippen molar-refractivity contribution in [2.75, 3.05) is 11.2 Å². The molecule has 1 rings (SSSR count). The standard InChI is InChI=1S/C8H12BrClN2O/c1-12-7(2-3-11-12)6-13-8(4-9)5-10/h2-3,8H,4-6H2,1H3/t8-/m1/s1. The van der Waals surface area contributed by atoms with Gasteiger partial charge in [0.2, 0.25) is 0 Å². The van der Waals surface area contributed by atoms with E-state index in [1.54, 1.807) is 10.9 Å². The van der Waals surface area contributed by atoms with Gasteiger partial charge in [-0.15, -0.1) is 11.6 Å². The zero-order chi connectivity index (χ0) is 9.68. The summed E-state index contributed by atoms with van der Waals surface area (Å²) in [6.07, 6.45) is 1.82. The fraction of sp³-hybridized carbons (Fsp3) is 0.625. The Labute approximate surface area is 91.1 Å². The number of aryl methyl sites for hydroxylation is 1. The second kappa shape index (κ2) is 5.62. The van der Waals surface area contributed by atoms with Gasteiger partial charge < -0.3 is 4.74 Å². The number of hydrogen-bond donors (Lipinski definition) is 0. The van der Waals surface area contributed by atoms with Gasteiger partial charge in [-0.05, 0) is 6.07 Å². The summed E-state index contributed by atoms with van der Waals surface area (Å²) in [5, 5.41) is 4.80. The average Bonchev–Trinajstić information content (AvgIpc) is 2.54. The molecule has 5 heteroatoms. The molecule has 0 aliphatic heterocycles. The highest BCUT2D eigenvalue weighted by Crippen LogP contribution is 2.05. The van der Waals surface area contributed by atoms with Gasteiger partial charge in [0.05, 0.1) is 18.4 Å². The van der Waals surface area contributed by atoms with Gasteiger partial charge in [0.15, 0.2) is 0 Å². The third-order valence-electron chi connectivity index (χ3n) is 1.73. The summed E-state index contributed by atoms with van der Waals surface area (Å²) < 4.78 is 7.32. The molecule has 0 saturated heterocycles. The Morgan fingerprint density at radius 3 is 3.00 bits per heavy atom. The molecule has 0 saturated carbocycles. The van der Waals surface area contributed by atoms with Crippen LogP contribution in [0, 0.1) is 0 Å². The Morgan fingerprint density at radius 2 is 2.54 bits per heavy atom. The van der Waals surface area contributed by atoms with Crippen molar-refractivity contribution in [2.24, 2.45) is 7.05 Å². The Kier molecular flexibility index (Phi) is 4.77. The van der Waals surface area contributed by atoms with Gasteiger partial charge >= 0.3 is 0 Å². The van der Waals surface area contributed by atoms with Gasteiger partial charge in [-0.2, -0.15) is 5.10 Å². The molecule has 1 heterocycles. The van der Waals surface area contributed by atoms with Crippen LogP contribution in [-0.2, 0) is 18.4 Å². The van der Waals surface area contributed by atoms with Gasteiger partial charge in [0.1, 0.15) is 0 Å². The molecule has 0 aliphatic rings. The molecule has 0 radical (unpaired) electrons. The SMILES string of the molecule is Cn1nccc1CO[C@@H](CCl)CBr. The van der Waals surface area contributed by atoms with Gasteiger partial charge in [-0.1, -0.05) is 15.9 Å². The normalized spacial score (nSPS) is 13.2. The van der Waals surface area contributed by atoms with Crippen molar-refractivity contribution in [3.8, 4) is 0 Å². The zero-order valence-electron chi connectivity index (χ0n) is 7.41. The van der Waals surface area contributed by atoms with E-state index >= 15 is 0 Å². The molecular formula is C8H12BrClN2O. The second-order valence-corrected chi connectivity index (χ2v) is 3.64. The summed E-state index contributed by atoms with van der Waals surface area (Å²) in [6.45, 7) is 0.555. The number of rotatable bonds is 5. The van der Waals surface area contributed by atoms with E-state index in [-0.39, 0.29) is 6.10 Å². The molecule has 0 aromatic carbocycles. The lowest BCUT2D eigenvalue weighted by Gasteiger charge is -2.11. The predicted octanol–water partition coefficient (Wildman–Crippen LogP) is 1.94. The molecular weight excluding hydrogens is 255 g/mol. The van der Waals surface area contributed by atoms with E-state index in [0.717, 1.165) is 11.0 Å². The van der Waals surface area contributed by atoms with E-state index in [1.165, 1.54) is 0 Å². The lowest BCUT2D eigenvalue weighted by molar-refractivity contribution is 0.0676. The maximum absolute atomic E-state index is 5.67. The van der Waals surface area contributed by atoms with E-state index in [0.29, 0.717) is 12.5 Å². The summed E-state index contributed by atoms with van der Waals surface area (Å²) in [4.78, 5) is 0. The van der Waals surface area contributed by atoms with Gasteiger partial charge in [-0.3, -0.25) is 4.68 Å². The van der Waals surface area contributed by atoms with Crippen LogP contribution in [0.25, 0.3) is 0 Å². The fourth-order valence-corrected chi connectivity index (χ4v) is 1.75. The summed E-state index contributed by atoms with van der Waals surface area (Å²) in [5.74, 6) is 0.503. The summed E-state index contributed by atoms with van der Waals surface area (Å²) >= 11 is 9.00. The van der Waals surface area contributed by atoms with Crippen LogP contribution in [0.3, 0.4) is 0 Å². The third-order valence-corrected chi connectivity index (χ3v) is 2.80. The van der Waals surface area contributed by atoms with Gasteiger partial charge in [-0.25, -0.2) is 0 Å². The second-order valence-electron chi connectivity index (χ2n) is 2.69. The molecule has 0 amide bonds. The van der Waals surface area contributed by atoms with Crippen LogP contribution in [-0.4, -0.2) is 27.1 Å². The van der Waals surface area contributed by atoms with Crippen molar-refractivity contribution < 1.29 is 4.74 Å². The van der Waals surface area contributed by atoms with Crippen LogP contribution in [0.1, 0.15) is 5.69 Å². The topological polar surface area (TPSA) is 27.1 Å². The van der Waals surface area contributed by atoms with Crippen molar-refractivity contribution in [3.05, 3.63) is 18.0 Å². The molecule has 1 aromatic heterocycles. The van der Waals surface area contributed by atoms with E-state index in [1.807, 2.05) is 13.1 Å². The maximum Gasteiger partial charge on any atom is 0.0889 e. The number of alkyl halides is 2. The van der Waals surface area contributed by atoms with Gasteiger partial charge in [0.25, 0.3) is 0 Å². The van der Waals surface area contributed by atoms with Crippen LogP contribution in [0.2, 0.25) is 0 Å². The Hall–Kier alpha value is -0.0600. The van der Waals surface area contributed by atoms with Crippen molar-refractivity contribution in [3.63, 3.8) is 0 Å². The fourth-order valence-electron chi connectivity index (χ4n) is 0.876. The summed E-state index contributed by atoms with van der Waals surface area (Å²) in [7, 11) is 1.89. The molecule has 13 heavy (non-hydrogen) atoms. The number of halogens is 2. The predicted molar refractivity (Wildman–Crippen MR) is 56.3 cm³/mol. The van der Waals surface area contributed by atoms with E-state index in [9.17, 15) is 0 Å². The van der Waals surface area contributed by atoms with Crippen molar-refractivity contribution >= 4 is 27.5 Å². The van der Waals surface area contributed by atoms with Crippen molar-refractivity contribution in [2.45, 2.75) is 12.7 Å². The quantitative estimate of drug-likeness (QED) is 0.763. The zero-order valence-corrected chi connectivity index (χ0v) is 9.75. The first-order chi connectivity index (χ1) is 6.27. The minimum atomic E-state index is 0.0663. The molecule has 0 N–H and O–H groups in total. The highest BCUT2D eigenvalue weighted by Gasteiger charge is 2.06. The van der Waals surface area contributed by atoms with Crippen molar-refractivity contribution in [1.82, 2.24) is 9.78 Å². The Morgan fingerprint density at radius 1 is 1.77 bits per heavy atom. The number of ether oxygens (including phenoxy) is 1. The molecule has 0 aliphatic carbocycles. The largest absolute Gasteiger partial charge is 0.370 e. The lowest BCUT2D eigenvalue weighted by atomic mass is 10.4. The molecule has 0 unspecified atom stereocenters. The number of hydrogen-bond acceptors (Lipinski definition) is 2. The Bertz CT molecular complexity index is 250. The summed E-state index contributed by atoms with van der Waals surface area (Å²) in [5.41, 5.74) is 1.05. The minimum Gasteiger partial charge on any atom is -0.370 e. The van der Waals surface area contributed by atoms with Gasteiger partial charge in [0, 0.05) is 24.5 Å². The first-order valence-electron chi connectivity index (χ1n) is 3.98. The monoisotopic (exact) mass is 266 g/mol. The van der Waals surface area contributed by atoms with Crippen LogP contribution in [0.4, 0.5) is 0 Å². The minimum absolute atomic E-state index is 0.0663. The molecule has 1 aromatic rings. The maximum atomic E-state index is 5.67. The van der Waals surface area contributed by atoms with Crippen LogP contribution >= 0.6 is 27.5 Å². The molecule has 0 bridgehead atoms. The average molecular weight is 268 g/mol. The third kappa shape index (κ3) is 3.29. The number of aromatic nitrogens is 2. The lowest BCUT2D eigenvalue weighted by Crippen LogP contribution is -2.17. The summed E-state index contributed by atoms with van der Waals surface area (Å²) in [6, 6.07) is 1.93. The number of nitrogens with zero attached hydrogens (tertiary/aromatic N) is 2. The van der Waals surface area contributed by atoms with Crippen LogP contribution < -0.4 is 0 Å².